The fourth-order valence-corrected chi connectivity index (χ4v) is 4.55. The molecule has 0 atom stereocenters. The Bertz CT molecular complexity index is 1400. The van der Waals surface area contributed by atoms with Gasteiger partial charge >= 0.3 is 0 Å². The topological polar surface area (TPSA) is 114 Å². The first-order valence-corrected chi connectivity index (χ1v) is 12.2. The zero-order valence-electron chi connectivity index (χ0n) is 18.4. The lowest BCUT2D eigenvalue weighted by molar-refractivity contribution is -0.384. The quantitative estimate of drug-likeness (QED) is 0.0894. The molecule has 0 aromatic heterocycles. The third kappa shape index (κ3) is 6.59. The summed E-state index contributed by atoms with van der Waals surface area (Å²) < 4.78 is 12.1. The summed E-state index contributed by atoms with van der Waals surface area (Å²) in [4.78, 5) is 23.0. The number of nitro benzene ring substituents is 1. The number of ether oxygens (including phenoxy) is 2. The molecule has 3 aromatic carbocycles. The van der Waals surface area contributed by atoms with Crippen molar-refractivity contribution in [3.8, 4) is 17.6 Å². The third-order valence-corrected chi connectivity index (χ3v) is 6.50. The van der Waals surface area contributed by atoms with Crippen LogP contribution in [0.3, 0.4) is 0 Å². The second kappa shape index (κ2) is 12.3. The normalized spacial score (nSPS) is 10.9. The van der Waals surface area contributed by atoms with Crippen molar-refractivity contribution < 1.29 is 19.2 Å². The summed E-state index contributed by atoms with van der Waals surface area (Å²) in [6, 6.07) is 14.5. The highest BCUT2D eigenvalue weighted by atomic mass is 127. The van der Waals surface area contributed by atoms with E-state index in [0.717, 1.165) is 17.7 Å². The van der Waals surface area contributed by atoms with Gasteiger partial charge in [0.15, 0.2) is 11.5 Å². The Morgan fingerprint density at radius 2 is 1.83 bits per heavy atom. The van der Waals surface area contributed by atoms with Crippen LogP contribution in [0.2, 0.25) is 15.1 Å². The maximum Gasteiger partial charge on any atom is 0.272 e. The molecule has 1 amide bonds. The molecule has 0 aliphatic rings. The van der Waals surface area contributed by atoms with Crippen molar-refractivity contribution in [1.29, 1.82) is 5.26 Å². The molecule has 0 aliphatic heterocycles. The molecule has 0 bridgehead atoms. The number of hydrogen-bond donors (Lipinski definition) is 1. The summed E-state index contributed by atoms with van der Waals surface area (Å²) >= 11 is 20.3. The first kappa shape index (κ1) is 27.5. The van der Waals surface area contributed by atoms with Crippen molar-refractivity contribution in [2.75, 3.05) is 12.4 Å². The highest BCUT2D eigenvalue weighted by Crippen LogP contribution is 2.37. The second-order valence-electron chi connectivity index (χ2n) is 7.08. The number of rotatable bonds is 8. The Morgan fingerprint density at radius 3 is 2.42 bits per heavy atom. The average Bonchev–Trinajstić information content (AvgIpc) is 2.84. The van der Waals surface area contributed by atoms with Crippen LogP contribution >= 0.6 is 57.4 Å². The van der Waals surface area contributed by atoms with Gasteiger partial charge in [-0.2, -0.15) is 5.26 Å². The van der Waals surface area contributed by atoms with E-state index < -0.39 is 10.8 Å². The van der Waals surface area contributed by atoms with Crippen molar-refractivity contribution >= 4 is 80.8 Å². The summed E-state index contributed by atoms with van der Waals surface area (Å²) in [7, 11) is 1.47. The molecule has 12 heteroatoms. The van der Waals surface area contributed by atoms with Gasteiger partial charge in [0.2, 0.25) is 0 Å². The van der Waals surface area contributed by atoms with Gasteiger partial charge in [0, 0.05) is 22.7 Å². The largest absolute Gasteiger partial charge is 0.493 e. The summed E-state index contributed by atoms with van der Waals surface area (Å²) in [5, 5.41) is 23.2. The smallest absolute Gasteiger partial charge is 0.272 e. The van der Waals surface area contributed by atoms with E-state index in [4.69, 9.17) is 44.3 Å². The number of non-ortho nitro benzene ring substituents is 1. The number of methoxy groups -OCH3 is 1. The molecule has 0 fully saturated rings. The predicted molar refractivity (Wildman–Crippen MR) is 147 cm³/mol. The Balaban J connectivity index is 1.86. The lowest BCUT2D eigenvalue weighted by atomic mass is 10.1. The van der Waals surface area contributed by atoms with E-state index in [9.17, 15) is 20.2 Å². The fraction of sp³-hybridized carbons (Fsp3) is 0.0833. The van der Waals surface area contributed by atoms with Crippen LogP contribution in [0.15, 0.2) is 54.1 Å². The molecular weight excluding hydrogens is 644 g/mol. The van der Waals surface area contributed by atoms with E-state index in [1.165, 1.54) is 13.2 Å². The zero-order chi connectivity index (χ0) is 26.4. The lowest BCUT2D eigenvalue weighted by Gasteiger charge is -2.14. The Hall–Kier alpha value is -3.04. The van der Waals surface area contributed by atoms with E-state index in [1.807, 2.05) is 24.3 Å². The van der Waals surface area contributed by atoms with Gasteiger partial charge in [0.05, 0.1) is 31.3 Å². The lowest BCUT2D eigenvalue weighted by Crippen LogP contribution is -2.14. The minimum atomic E-state index is -0.803. The minimum absolute atomic E-state index is 0.0504. The number of nitrogens with zero attached hydrogens (tertiary/aromatic N) is 2. The van der Waals surface area contributed by atoms with E-state index in [0.29, 0.717) is 25.7 Å². The van der Waals surface area contributed by atoms with E-state index in [2.05, 4.69) is 27.9 Å². The van der Waals surface area contributed by atoms with Gasteiger partial charge in [0.1, 0.15) is 18.2 Å². The Morgan fingerprint density at radius 1 is 1.17 bits per heavy atom. The number of carbonyl (C=O) groups excluding carboxylic acids is 1. The predicted octanol–water partition coefficient (Wildman–Crippen LogP) is 7.29. The molecule has 3 aromatic rings. The van der Waals surface area contributed by atoms with E-state index in [-0.39, 0.29) is 33.6 Å². The number of halogens is 4. The van der Waals surface area contributed by atoms with Crippen LogP contribution in [0.25, 0.3) is 6.08 Å². The average molecular weight is 659 g/mol. The molecule has 0 spiro atoms. The van der Waals surface area contributed by atoms with Gasteiger partial charge < -0.3 is 14.8 Å². The molecule has 1 N–H and O–H groups in total. The van der Waals surface area contributed by atoms with Crippen molar-refractivity contribution in [3.05, 3.63) is 94.0 Å². The molecule has 0 saturated carbocycles. The van der Waals surface area contributed by atoms with E-state index >= 15 is 0 Å². The monoisotopic (exact) mass is 657 g/mol. The van der Waals surface area contributed by atoms with Gasteiger partial charge in [-0.15, -0.1) is 0 Å². The van der Waals surface area contributed by atoms with Crippen LogP contribution in [0, 0.1) is 25.0 Å². The molecule has 184 valence electrons. The van der Waals surface area contributed by atoms with Crippen molar-refractivity contribution in [1.82, 2.24) is 0 Å². The van der Waals surface area contributed by atoms with Crippen molar-refractivity contribution in [2.24, 2.45) is 0 Å². The summed E-state index contributed by atoms with van der Waals surface area (Å²) in [6.45, 7) is 0.212. The number of amides is 1. The first-order chi connectivity index (χ1) is 17.1. The summed E-state index contributed by atoms with van der Waals surface area (Å²) in [5.74, 6) is 0.0603. The maximum absolute atomic E-state index is 12.7. The molecule has 8 nitrogen and oxygen atoms in total. The van der Waals surface area contributed by atoms with Crippen LogP contribution in [0.5, 0.6) is 11.5 Å². The van der Waals surface area contributed by atoms with Gasteiger partial charge in [-0.05, 0) is 52.4 Å². The molecule has 0 aliphatic carbocycles. The third-order valence-electron chi connectivity index (χ3n) is 4.73. The molecule has 36 heavy (non-hydrogen) atoms. The number of nitriles is 1. The number of anilines is 1. The molecule has 3 rings (SSSR count). The van der Waals surface area contributed by atoms with Gasteiger partial charge in [0.25, 0.3) is 11.6 Å². The molecule has 0 radical (unpaired) electrons. The Kier molecular flexibility index (Phi) is 9.39. The summed E-state index contributed by atoms with van der Waals surface area (Å²) in [5.41, 5.74) is 0.646. The van der Waals surface area contributed by atoms with Crippen LogP contribution in [0.1, 0.15) is 11.1 Å². The minimum Gasteiger partial charge on any atom is -0.493 e. The van der Waals surface area contributed by atoms with Crippen LogP contribution in [-0.4, -0.2) is 17.9 Å². The van der Waals surface area contributed by atoms with Crippen LogP contribution in [0.4, 0.5) is 11.4 Å². The maximum atomic E-state index is 12.7. The zero-order valence-corrected chi connectivity index (χ0v) is 22.8. The number of nitro groups is 1. The molecule has 0 unspecified atom stereocenters. The first-order valence-electron chi connectivity index (χ1n) is 9.95. The fourth-order valence-electron chi connectivity index (χ4n) is 3.01. The molecular formula is C24H15Cl3IN3O5. The van der Waals surface area contributed by atoms with Crippen LogP contribution in [-0.2, 0) is 11.4 Å². The number of benzene rings is 3. The van der Waals surface area contributed by atoms with Crippen molar-refractivity contribution in [3.63, 3.8) is 0 Å². The number of nitrogens with one attached hydrogen (secondary N) is 1. The van der Waals surface area contributed by atoms with Gasteiger partial charge in [-0.25, -0.2) is 0 Å². The Labute approximate surface area is 234 Å². The van der Waals surface area contributed by atoms with Crippen LogP contribution < -0.4 is 14.8 Å². The second-order valence-corrected chi connectivity index (χ2v) is 9.46. The highest BCUT2D eigenvalue weighted by Gasteiger charge is 2.19. The number of hydrogen-bond acceptors (Lipinski definition) is 6. The number of carbonyl (C=O) groups is 1. The standard InChI is InChI=1S/C24H15Cl3IN3O5/c1-35-21-8-13(7-20(28)23(21)36-12-14-4-2-3-5-17(14)25)6-15(11-29)24(32)30-22-18(26)9-16(31(33)34)10-19(22)27/h2-10H,12H2,1H3,(H,30,32)/b15-6+. The SMILES string of the molecule is COc1cc(/C=C(\C#N)C(=O)Nc2c(Cl)cc([N+](=O)[O-])cc2Cl)cc(I)c1OCc1ccccc1Cl. The van der Waals surface area contributed by atoms with Gasteiger partial charge in [-0.3, -0.25) is 14.9 Å². The summed E-state index contributed by atoms with van der Waals surface area (Å²) in [6.07, 6.45) is 1.35. The van der Waals surface area contributed by atoms with Gasteiger partial charge in [-0.1, -0.05) is 53.0 Å². The molecule has 0 saturated heterocycles. The molecule has 0 heterocycles. The van der Waals surface area contributed by atoms with Crippen molar-refractivity contribution in [2.45, 2.75) is 6.61 Å². The van der Waals surface area contributed by atoms with E-state index in [1.54, 1.807) is 18.2 Å². The highest BCUT2D eigenvalue weighted by molar-refractivity contribution is 14.1.